The van der Waals surface area contributed by atoms with Crippen molar-refractivity contribution in [1.29, 1.82) is 0 Å². The van der Waals surface area contributed by atoms with Gasteiger partial charge in [-0.15, -0.1) is 0 Å². The number of hydrogen-bond donors (Lipinski definition) is 0. The molecule has 3 heteroatoms. The van der Waals surface area contributed by atoms with E-state index in [9.17, 15) is 0 Å². The van der Waals surface area contributed by atoms with Crippen LogP contribution in [-0.2, 0) is 6.54 Å². The molecule has 3 nitrogen and oxygen atoms in total. The monoisotopic (exact) mass is 178 g/mol. The average Bonchev–Trinajstić information content (AvgIpc) is 2.57. The van der Waals surface area contributed by atoms with Crippen LogP contribution in [0.5, 0.6) is 0 Å². The van der Waals surface area contributed by atoms with Crippen LogP contribution < -0.4 is 0 Å². The maximum atomic E-state index is 4.93. The number of rotatable bonds is 2. The van der Waals surface area contributed by atoms with Crippen molar-refractivity contribution >= 4 is 0 Å². The fourth-order valence-electron chi connectivity index (χ4n) is 1.67. The van der Waals surface area contributed by atoms with Crippen LogP contribution in [0.3, 0.4) is 0 Å². The fraction of sp³-hybridized carbons (Fsp3) is 0.500. The van der Waals surface area contributed by atoms with E-state index in [-0.39, 0.29) is 0 Å². The molecule has 0 fully saturated rings. The Hall–Kier alpha value is -1.09. The lowest BCUT2D eigenvalue weighted by Crippen LogP contribution is -2.28. The molecule has 70 valence electrons. The molecule has 13 heavy (non-hydrogen) atoms. The molecule has 0 bridgehead atoms. The highest BCUT2D eigenvalue weighted by atomic mass is 16.3. The lowest BCUT2D eigenvalue weighted by Gasteiger charge is -2.24. The van der Waals surface area contributed by atoms with Gasteiger partial charge in [0.15, 0.2) is 6.39 Å². The summed E-state index contributed by atoms with van der Waals surface area (Å²) in [5, 5.41) is 0. The van der Waals surface area contributed by atoms with Gasteiger partial charge >= 0.3 is 0 Å². The van der Waals surface area contributed by atoms with Crippen LogP contribution >= 0.6 is 0 Å². The Morgan fingerprint density at radius 3 is 3.23 bits per heavy atom. The first-order valence-corrected chi connectivity index (χ1v) is 4.59. The molecule has 0 saturated carbocycles. The van der Waals surface area contributed by atoms with Crippen LogP contribution in [0.2, 0.25) is 0 Å². The SMILES string of the molecule is CC1=CCCN(Cc2cocn2)C1. The molecule has 1 aliphatic heterocycles. The predicted molar refractivity (Wildman–Crippen MR) is 50.2 cm³/mol. The summed E-state index contributed by atoms with van der Waals surface area (Å²) in [6.45, 7) is 5.27. The van der Waals surface area contributed by atoms with Gasteiger partial charge in [0.25, 0.3) is 0 Å². The van der Waals surface area contributed by atoms with Crippen molar-refractivity contribution in [3.63, 3.8) is 0 Å². The number of nitrogens with zero attached hydrogens (tertiary/aromatic N) is 2. The van der Waals surface area contributed by atoms with E-state index in [4.69, 9.17) is 4.42 Å². The topological polar surface area (TPSA) is 29.3 Å². The minimum absolute atomic E-state index is 0.904. The molecule has 1 aliphatic rings. The highest BCUT2D eigenvalue weighted by Crippen LogP contribution is 2.11. The zero-order valence-electron chi connectivity index (χ0n) is 7.86. The summed E-state index contributed by atoms with van der Waals surface area (Å²) < 4.78 is 4.93. The first-order chi connectivity index (χ1) is 6.34. The van der Waals surface area contributed by atoms with Crippen molar-refractivity contribution < 1.29 is 4.42 Å². The molecular formula is C10H14N2O. The number of hydrogen-bond acceptors (Lipinski definition) is 3. The van der Waals surface area contributed by atoms with Crippen molar-refractivity contribution in [3.05, 3.63) is 30.0 Å². The van der Waals surface area contributed by atoms with Gasteiger partial charge in [0, 0.05) is 19.6 Å². The summed E-state index contributed by atoms with van der Waals surface area (Å²) in [4.78, 5) is 6.49. The standard InChI is InChI=1S/C10H14N2O/c1-9-3-2-4-12(5-9)6-10-7-13-8-11-10/h3,7-8H,2,4-6H2,1H3. The molecule has 2 rings (SSSR count). The molecule has 0 atom stereocenters. The normalized spacial score (nSPS) is 18.7. The third-order valence-electron chi connectivity index (χ3n) is 2.28. The molecular weight excluding hydrogens is 164 g/mol. The van der Waals surface area contributed by atoms with E-state index in [1.807, 2.05) is 0 Å². The molecule has 0 aromatic carbocycles. The molecule has 0 N–H and O–H groups in total. The van der Waals surface area contributed by atoms with Gasteiger partial charge in [-0.3, -0.25) is 4.90 Å². The van der Waals surface area contributed by atoms with Crippen molar-refractivity contribution in [3.8, 4) is 0 Å². The van der Waals surface area contributed by atoms with E-state index in [1.54, 1.807) is 6.26 Å². The van der Waals surface area contributed by atoms with Gasteiger partial charge < -0.3 is 4.42 Å². The van der Waals surface area contributed by atoms with Crippen LogP contribution in [0, 0.1) is 0 Å². The molecule has 0 radical (unpaired) electrons. The van der Waals surface area contributed by atoms with E-state index in [2.05, 4.69) is 22.9 Å². The molecule has 0 unspecified atom stereocenters. The highest BCUT2D eigenvalue weighted by molar-refractivity contribution is 5.05. The smallest absolute Gasteiger partial charge is 0.180 e. The summed E-state index contributed by atoms with van der Waals surface area (Å²) in [5.41, 5.74) is 2.48. The maximum absolute atomic E-state index is 4.93. The summed E-state index contributed by atoms with van der Waals surface area (Å²) in [6.07, 6.45) is 6.67. The Morgan fingerprint density at radius 1 is 1.62 bits per heavy atom. The molecule has 0 spiro atoms. The van der Waals surface area contributed by atoms with Crippen molar-refractivity contribution in [1.82, 2.24) is 9.88 Å². The maximum Gasteiger partial charge on any atom is 0.180 e. The van der Waals surface area contributed by atoms with E-state index < -0.39 is 0 Å². The summed E-state index contributed by atoms with van der Waals surface area (Å²) in [7, 11) is 0. The number of aromatic nitrogens is 1. The Morgan fingerprint density at radius 2 is 2.54 bits per heavy atom. The zero-order valence-corrected chi connectivity index (χ0v) is 7.86. The second-order valence-corrected chi connectivity index (χ2v) is 3.53. The first kappa shape index (κ1) is 8.51. The Bertz CT molecular complexity index is 290. The Balaban J connectivity index is 1.93. The van der Waals surface area contributed by atoms with Crippen LogP contribution in [0.15, 0.2) is 28.7 Å². The lowest BCUT2D eigenvalue weighted by molar-refractivity contribution is 0.279. The number of oxazole rings is 1. The van der Waals surface area contributed by atoms with Gasteiger partial charge in [0.05, 0.1) is 5.69 Å². The van der Waals surface area contributed by atoms with E-state index in [0.717, 1.165) is 31.7 Å². The zero-order chi connectivity index (χ0) is 9.10. The predicted octanol–water partition coefficient (Wildman–Crippen LogP) is 1.83. The largest absolute Gasteiger partial charge is 0.451 e. The quantitative estimate of drug-likeness (QED) is 0.647. The molecule has 1 aromatic rings. The first-order valence-electron chi connectivity index (χ1n) is 4.59. The fourth-order valence-corrected chi connectivity index (χ4v) is 1.67. The van der Waals surface area contributed by atoms with Gasteiger partial charge in [-0.05, 0) is 13.3 Å². The van der Waals surface area contributed by atoms with Crippen LogP contribution in [-0.4, -0.2) is 23.0 Å². The van der Waals surface area contributed by atoms with E-state index in [0.29, 0.717) is 0 Å². The van der Waals surface area contributed by atoms with Crippen molar-refractivity contribution in [2.24, 2.45) is 0 Å². The van der Waals surface area contributed by atoms with Gasteiger partial charge in [0.2, 0.25) is 0 Å². The Kier molecular flexibility index (Phi) is 2.45. The van der Waals surface area contributed by atoms with Crippen LogP contribution in [0.4, 0.5) is 0 Å². The minimum Gasteiger partial charge on any atom is -0.451 e. The molecule has 1 aromatic heterocycles. The van der Waals surface area contributed by atoms with Gasteiger partial charge in [0.1, 0.15) is 6.26 Å². The molecule has 0 amide bonds. The summed E-state index contributed by atoms with van der Waals surface area (Å²) in [5.74, 6) is 0. The van der Waals surface area contributed by atoms with Gasteiger partial charge in [-0.25, -0.2) is 4.98 Å². The van der Waals surface area contributed by atoms with E-state index >= 15 is 0 Å². The molecule has 0 saturated heterocycles. The second-order valence-electron chi connectivity index (χ2n) is 3.53. The minimum atomic E-state index is 0.904. The van der Waals surface area contributed by atoms with Crippen LogP contribution in [0.25, 0.3) is 0 Å². The third kappa shape index (κ3) is 2.18. The highest BCUT2D eigenvalue weighted by Gasteiger charge is 2.10. The molecule has 2 heterocycles. The van der Waals surface area contributed by atoms with Crippen LogP contribution in [0.1, 0.15) is 19.0 Å². The molecule has 0 aliphatic carbocycles. The average molecular weight is 178 g/mol. The lowest BCUT2D eigenvalue weighted by atomic mass is 10.1. The van der Waals surface area contributed by atoms with Gasteiger partial charge in [-0.1, -0.05) is 11.6 Å². The van der Waals surface area contributed by atoms with Crippen molar-refractivity contribution in [2.75, 3.05) is 13.1 Å². The summed E-state index contributed by atoms with van der Waals surface area (Å²) in [6, 6.07) is 0. The van der Waals surface area contributed by atoms with E-state index in [1.165, 1.54) is 12.0 Å². The van der Waals surface area contributed by atoms with Gasteiger partial charge in [-0.2, -0.15) is 0 Å². The summed E-state index contributed by atoms with van der Waals surface area (Å²) >= 11 is 0. The third-order valence-corrected chi connectivity index (χ3v) is 2.28. The second kappa shape index (κ2) is 3.75. The van der Waals surface area contributed by atoms with Crippen molar-refractivity contribution in [2.45, 2.75) is 19.9 Å². The Labute approximate surface area is 78.1 Å².